The van der Waals surface area contributed by atoms with Crippen molar-refractivity contribution < 1.29 is 0 Å². The summed E-state index contributed by atoms with van der Waals surface area (Å²) in [6.07, 6.45) is 3.17. The van der Waals surface area contributed by atoms with Crippen molar-refractivity contribution in [2.24, 2.45) is 5.11 Å². The minimum absolute atomic E-state index is 0.508. The average Bonchev–Trinajstić information content (AvgIpc) is 2.19. The first kappa shape index (κ1) is 7.52. The molecule has 0 amide bonds. The molecule has 1 heterocycles. The van der Waals surface area contributed by atoms with Gasteiger partial charge in [0.05, 0.1) is 16.7 Å². The number of hydrogen-bond acceptors (Lipinski definition) is 3. The molecule has 0 aliphatic carbocycles. The summed E-state index contributed by atoms with van der Waals surface area (Å²) in [6.45, 7) is 0. The topological polar surface area (TPSA) is 74.5 Å². The van der Waals surface area contributed by atoms with E-state index in [1.165, 1.54) is 0 Å². The normalized spacial score (nSPS) is 9.54. The summed E-state index contributed by atoms with van der Waals surface area (Å²) < 4.78 is 0. The zero-order chi connectivity index (χ0) is 9.10. The molecule has 0 fully saturated rings. The Morgan fingerprint density at radius 2 is 2.08 bits per heavy atom. The summed E-state index contributed by atoms with van der Waals surface area (Å²) in [4.78, 5) is 10.9. The number of aromatic nitrogens is 2. The smallest absolute Gasteiger partial charge is 0.0982 e. The monoisotopic (exact) mass is 171 g/mol. The van der Waals surface area contributed by atoms with Crippen molar-refractivity contribution in [3.63, 3.8) is 0 Å². The highest BCUT2D eigenvalue weighted by Crippen LogP contribution is 2.21. The van der Waals surface area contributed by atoms with Gasteiger partial charge in [0.2, 0.25) is 0 Å². The van der Waals surface area contributed by atoms with E-state index in [0.717, 1.165) is 5.52 Å². The number of fused-ring (bicyclic) bond motifs is 1. The summed E-state index contributed by atoms with van der Waals surface area (Å²) in [6, 6.07) is 5.30. The van der Waals surface area contributed by atoms with Crippen molar-refractivity contribution in [3.05, 3.63) is 41.0 Å². The first-order valence-corrected chi connectivity index (χ1v) is 3.66. The fraction of sp³-hybridized carbons (Fsp3) is 0. The maximum Gasteiger partial charge on any atom is 0.0982 e. The lowest BCUT2D eigenvalue weighted by Crippen LogP contribution is -1.80. The third-order valence-electron chi connectivity index (χ3n) is 1.63. The summed E-state index contributed by atoms with van der Waals surface area (Å²) in [5, 5.41) is 3.51. The number of para-hydroxylation sites is 1. The predicted molar refractivity (Wildman–Crippen MR) is 48.3 cm³/mol. The van der Waals surface area contributed by atoms with Gasteiger partial charge in [0.1, 0.15) is 0 Å². The van der Waals surface area contributed by atoms with Crippen molar-refractivity contribution in [2.45, 2.75) is 0 Å². The fourth-order valence-electron chi connectivity index (χ4n) is 1.11. The number of benzene rings is 1. The van der Waals surface area contributed by atoms with Crippen molar-refractivity contribution in [2.75, 3.05) is 0 Å². The van der Waals surface area contributed by atoms with E-state index in [9.17, 15) is 0 Å². The SMILES string of the molecule is [N-]=[N+]=Nc1cccc2nccnc12. The van der Waals surface area contributed by atoms with Gasteiger partial charge in [-0.2, -0.15) is 0 Å². The third-order valence-corrected chi connectivity index (χ3v) is 1.63. The van der Waals surface area contributed by atoms with E-state index in [1.807, 2.05) is 6.07 Å². The summed E-state index contributed by atoms with van der Waals surface area (Å²) >= 11 is 0. The van der Waals surface area contributed by atoms with Crippen LogP contribution in [0.25, 0.3) is 21.5 Å². The van der Waals surface area contributed by atoms with E-state index in [0.29, 0.717) is 11.2 Å². The molecule has 1 aromatic carbocycles. The average molecular weight is 171 g/mol. The van der Waals surface area contributed by atoms with Crippen LogP contribution in [0.1, 0.15) is 0 Å². The molecule has 0 atom stereocenters. The molecular weight excluding hydrogens is 166 g/mol. The van der Waals surface area contributed by atoms with Crippen LogP contribution in [-0.4, -0.2) is 9.97 Å². The van der Waals surface area contributed by atoms with Crippen LogP contribution in [0.4, 0.5) is 5.69 Å². The van der Waals surface area contributed by atoms with Gasteiger partial charge in [0.15, 0.2) is 0 Å². The van der Waals surface area contributed by atoms with Gasteiger partial charge in [-0.05, 0) is 11.6 Å². The van der Waals surface area contributed by atoms with Crippen molar-refractivity contribution >= 4 is 16.7 Å². The molecule has 0 radical (unpaired) electrons. The highest BCUT2D eigenvalue weighted by Gasteiger charge is 1.98. The Bertz CT molecular complexity index is 481. The molecule has 62 valence electrons. The maximum absolute atomic E-state index is 8.29. The largest absolute Gasteiger partial charge is 0.253 e. The fourth-order valence-corrected chi connectivity index (χ4v) is 1.11. The third kappa shape index (κ3) is 1.28. The molecule has 2 aromatic rings. The molecule has 0 aliphatic heterocycles. The lowest BCUT2D eigenvalue weighted by atomic mass is 10.2. The van der Waals surface area contributed by atoms with E-state index >= 15 is 0 Å². The van der Waals surface area contributed by atoms with Crippen LogP contribution in [0, 0.1) is 0 Å². The van der Waals surface area contributed by atoms with Gasteiger partial charge in [-0.1, -0.05) is 17.2 Å². The molecule has 0 aliphatic rings. The van der Waals surface area contributed by atoms with Crippen LogP contribution in [0.2, 0.25) is 0 Å². The zero-order valence-electron chi connectivity index (χ0n) is 6.62. The Balaban J connectivity index is 2.82. The molecule has 1 aromatic heterocycles. The molecule has 13 heavy (non-hydrogen) atoms. The number of hydrogen-bond donors (Lipinski definition) is 0. The minimum Gasteiger partial charge on any atom is -0.253 e. The maximum atomic E-state index is 8.29. The molecule has 5 heteroatoms. The summed E-state index contributed by atoms with van der Waals surface area (Å²) in [5.41, 5.74) is 10.2. The quantitative estimate of drug-likeness (QED) is 0.375. The number of nitrogens with zero attached hydrogens (tertiary/aromatic N) is 5. The van der Waals surface area contributed by atoms with E-state index in [2.05, 4.69) is 20.0 Å². The Morgan fingerprint density at radius 1 is 1.23 bits per heavy atom. The van der Waals surface area contributed by atoms with E-state index in [4.69, 9.17) is 5.53 Å². The van der Waals surface area contributed by atoms with E-state index in [1.54, 1.807) is 24.5 Å². The summed E-state index contributed by atoms with van der Waals surface area (Å²) in [7, 11) is 0. The van der Waals surface area contributed by atoms with Gasteiger partial charge in [0, 0.05) is 17.3 Å². The Morgan fingerprint density at radius 3 is 2.92 bits per heavy atom. The molecule has 2 rings (SSSR count). The lowest BCUT2D eigenvalue weighted by molar-refractivity contribution is 1.28. The second kappa shape index (κ2) is 3.08. The Labute approximate surface area is 73.7 Å². The van der Waals surface area contributed by atoms with Gasteiger partial charge in [-0.3, -0.25) is 9.97 Å². The molecule has 0 bridgehead atoms. The Kier molecular flexibility index (Phi) is 1.78. The first-order valence-electron chi connectivity index (χ1n) is 3.66. The van der Waals surface area contributed by atoms with Crippen LogP contribution in [0.3, 0.4) is 0 Å². The highest BCUT2D eigenvalue weighted by molar-refractivity contribution is 5.85. The molecule has 0 N–H and O–H groups in total. The van der Waals surface area contributed by atoms with Crippen LogP contribution < -0.4 is 0 Å². The van der Waals surface area contributed by atoms with Gasteiger partial charge in [-0.15, -0.1) is 0 Å². The standard InChI is InChI=1S/C8H5N5/c9-13-12-7-3-1-2-6-8(7)11-5-4-10-6/h1-5H. The van der Waals surface area contributed by atoms with E-state index in [-0.39, 0.29) is 0 Å². The molecule has 0 spiro atoms. The molecular formula is C8H5N5. The summed E-state index contributed by atoms with van der Waals surface area (Å²) in [5.74, 6) is 0. The van der Waals surface area contributed by atoms with Gasteiger partial charge in [-0.25, -0.2) is 0 Å². The zero-order valence-corrected chi connectivity index (χ0v) is 6.62. The van der Waals surface area contributed by atoms with Crippen LogP contribution in [-0.2, 0) is 0 Å². The van der Waals surface area contributed by atoms with Gasteiger partial charge >= 0.3 is 0 Å². The molecule has 0 saturated carbocycles. The van der Waals surface area contributed by atoms with E-state index < -0.39 is 0 Å². The highest BCUT2D eigenvalue weighted by atomic mass is 15.1. The number of rotatable bonds is 1. The van der Waals surface area contributed by atoms with Crippen LogP contribution >= 0.6 is 0 Å². The van der Waals surface area contributed by atoms with Crippen molar-refractivity contribution in [1.82, 2.24) is 9.97 Å². The predicted octanol–water partition coefficient (Wildman–Crippen LogP) is 2.57. The molecule has 0 saturated heterocycles. The molecule has 5 nitrogen and oxygen atoms in total. The van der Waals surface area contributed by atoms with Crippen LogP contribution in [0.15, 0.2) is 35.7 Å². The minimum atomic E-state index is 0.508. The van der Waals surface area contributed by atoms with Crippen molar-refractivity contribution in [1.29, 1.82) is 0 Å². The second-order valence-electron chi connectivity index (χ2n) is 2.39. The first-order chi connectivity index (χ1) is 6.42. The lowest BCUT2D eigenvalue weighted by Gasteiger charge is -1.96. The van der Waals surface area contributed by atoms with Crippen molar-refractivity contribution in [3.8, 4) is 0 Å². The van der Waals surface area contributed by atoms with Gasteiger partial charge < -0.3 is 0 Å². The second-order valence-corrected chi connectivity index (χ2v) is 2.39. The van der Waals surface area contributed by atoms with Crippen LogP contribution in [0.5, 0.6) is 0 Å². The van der Waals surface area contributed by atoms with Gasteiger partial charge in [0.25, 0.3) is 0 Å². The Hall–Kier alpha value is -2.13. The number of azide groups is 1. The molecule has 0 unspecified atom stereocenters.